The summed E-state index contributed by atoms with van der Waals surface area (Å²) in [5, 5.41) is 20.1. The molecule has 1 amide bonds. The van der Waals surface area contributed by atoms with Crippen LogP contribution in [0, 0.1) is 6.92 Å². The highest BCUT2D eigenvalue weighted by molar-refractivity contribution is 5.96. The minimum Gasteiger partial charge on any atom is -0.364 e. The first-order valence-corrected chi connectivity index (χ1v) is 10.5. The van der Waals surface area contributed by atoms with Crippen molar-refractivity contribution in [1.82, 2.24) is 25.0 Å². The number of rotatable bonds is 6. The van der Waals surface area contributed by atoms with Crippen LogP contribution < -0.4 is 16.4 Å². The molecule has 4 rings (SSSR count). The topological polar surface area (TPSA) is 124 Å². The molecule has 3 aromatic rings. The first kappa shape index (κ1) is 20.1. The fraction of sp³-hybridized carbons (Fsp3) is 0.476. The van der Waals surface area contributed by atoms with Crippen molar-refractivity contribution in [1.29, 1.82) is 0 Å². The molecule has 0 spiro atoms. The standard InChI is InChI=1S/C21H28N8O/c1-12(2)29-18-13(3)9-16(10-14(18)11-23-29)24-20-17(19(22)30)27-28-21(26-20)25-15-7-5-4-6-8-15/h9-12,15H,4-8H2,1-3H3,(H2,22,30)(H2,24,25,26,28). The van der Waals surface area contributed by atoms with E-state index in [0.717, 1.165) is 35.0 Å². The molecule has 158 valence electrons. The third-order valence-corrected chi connectivity index (χ3v) is 5.49. The van der Waals surface area contributed by atoms with E-state index in [1.165, 1.54) is 19.3 Å². The smallest absolute Gasteiger partial charge is 0.273 e. The number of carbonyl (C=O) groups excluding carboxylic acids is 1. The van der Waals surface area contributed by atoms with Crippen molar-refractivity contribution in [2.24, 2.45) is 5.73 Å². The number of aryl methyl sites for hydroxylation is 1. The van der Waals surface area contributed by atoms with Crippen LogP contribution in [0.15, 0.2) is 18.3 Å². The van der Waals surface area contributed by atoms with E-state index >= 15 is 0 Å². The monoisotopic (exact) mass is 408 g/mol. The number of amides is 1. The lowest BCUT2D eigenvalue weighted by Crippen LogP contribution is -2.25. The molecule has 9 heteroatoms. The molecule has 0 atom stereocenters. The van der Waals surface area contributed by atoms with Crippen molar-refractivity contribution in [2.75, 3.05) is 10.6 Å². The zero-order valence-corrected chi connectivity index (χ0v) is 17.6. The van der Waals surface area contributed by atoms with E-state index in [1.807, 2.05) is 29.9 Å². The van der Waals surface area contributed by atoms with E-state index in [0.29, 0.717) is 17.8 Å². The molecule has 4 N–H and O–H groups in total. The average Bonchev–Trinajstić information content (AvgIpc) is 3.14. The number of primary amides is 1. The van der Waals surface area contributed by atoms with Gasteiger partial charge in [0.25, 0.3) is 5.91 Å². The molecular weight excluding hydrogens is 380 g/mol. The molecule has 9 nitrogen and oxygen atoms in total. The maximum absolute atomic E-state index is 11.9. The van der Waals surface area contributed by atoms with Gasteiger partial charge < -0.3 is 16.4 Å². The highest BCUT2D eigenvalue weighted by atomic mass is 16.1. The van der Waals surface area contributed by atoms with Gasteiger partial charge in [0.15, 0.2) is 11.5 Å². The Hall–Kier alpha value is -3.23. The highest BCUT2D eigenvalue weighted by Gasteiger charge is 2.19. The minimum absolute atomic E-state index is 0.0137. The second-order valence-corrected chi connectivity index (χ2v) is 8.22. The Kier molecular flexibility index (Phi) is 5.52. The Labute approximate surface area is 175 Å². The van der Waals surface area contributed by atoms with Crippen LogP contribution in [0.5, 0.6) is 0 Å². The van der Waals surface area contributed by atoms with Gasteiger partial charge in [-0.05, 0) is 51.3 Å². The molecule has 0 unspecified atom stereocenters. The molecular formula is C21H28N8O. The SMILES string of the molecule is Cc1cc(Nc2nc(NC3CCCCC3)nnc2C(N)=O)cc2cnn(C(C)C)c12. The number of nitrogens with zero attached hydrogens (tertiary/aromatic N) is 5. The number of aromatic nitrogens is 5. The number of fused-ring (bicyclic) bond motifs is 1. The third kappa shape index (κ3) is 4.05. The summed E-state index contributed by atoms with van der Waals surface area (Å²) in [5.41, 5.74) is 8.47. The molecule has 1 aliphatic carbocycles. The zero-order chi connectivity index (χ0) is 21.3. The number of nitrogens with one attached hydrogen (secondary N) is 2. The summed E-state index contributed by atoms with van der Waals surface area (Å²) in [4.78, 5) is 16.4. The van der Waals surface area contributed by atoms with Crippen LogP contribution in [0.2, 0.25) is 0 Å². The number of hydrogen-bond donors (Lipinski definition) is 3. The van der Waals surface area contributed by atoms with E-state index in [2.05, 4.69) is 44.8 Å². The highest BCUT2D eigenvalue weighted by Crippen LogP contribution is 2.28. The zero-order valence-electron chi connectivity index (χ0n) is 17.6. The molecule has 0 saturated heterocycles. The summed E-state index contributed by atoms with van der Waals surface area (Å²) in [7, 11) is 0. The fourth-order valence-corrected chi connectivity index (χ4v) is 4.07. The first-order chi connectivity index (χ1) is 14.4. The maximum Gasteiger partial charge on any atom is 0.273 e. The second kappa shape index (κ2) is 8.25. The molecule has 0 radical (unpaired) electrons. The van der Waals surface area contributed by atoms with Gasteiger partial charge in [0.05, 0.1) is 11.7 Å². The van der Waals surface area contributed by atoms with Gasteiger partial charge in [-0.25, -0.2) is 0 Å². The van der Waals surface area contributed by atoms with Gasteiger partial charge in [0, 0.05) is 23.2 Å². The summed E-state index contributed by atoms with van der Waals surface area (Å²) >= 11 is 0. The van der Waals surface area contributed by atoms with Crippen LogP contribution in [-0.2, 0) is 0 Å². The van der Waals surface area contributed by atoms with E-state index in [9.17, 15) is 4.79 Å². The van der Waals surface area contributed by atoms with Crippen molar-refractivity contribution < 1.29 is 4.79 Å². The number of anilines is 3. The van der Waals surface area contributed by atoms with Crippen LogP contribution in [0.25, 0.3) is 10.9 Å². The number of carbonyl (C=O) groups is 1. The third-order valence-electron chi connectivity index (χ3n) is 5.49. The first-order valence-electron chi connectivity index (χ1n) is 10.5. The summed E-state index contributed by atoms with van der Waals surface area (Å²) in [6.45, 7) is 6.24. The molecule has 1 fully saturated rings. The predicted molar refractivity (Wildman–Crippen MR) is 117 cm³/mol. The Bertz CT molecular complexity index is 1070. The van der Waals surface area contributed by atoms with Gasteiger partial charge in [-0.1, -0.05) is 19.3 Å². The summed E-state index contributed by atoms with van der Waals surface area (Å²) < 4.78 is 2.00. The van der Waals surface area contributed by atoms with Gasteiger partial charge >= 0.3 is 0 Å². The van der Waals surface area contributed by atoms with Crippen molar-refractivity contribution >= 4 is 34.3 Å². The van der Waals surface area contributed by atoms with Gasteiger partial charge in [0.2, 0.25) is 5.95 Å². The summed E-state index contributed by atoms with van der Waals surface area (Å²) in [6.07, 6.45) is 7.66. The van der Waals surface area contributed by atoms with Crippen LogP contribution in [0.4, 0.5) is 17.5 Å². The Morgan fingerprint density at radius 1 is 1.20 bits per heavy atom. The van der Waals surface area contributed by atoms with Crippen molar-refractivity contribution in [3.63, 3.8) is 0 Å². The fourth-order valence-electron chi connectivity index (χ4n) is 4.07. The van der Waals surface area contributed by atoms with Gasteiger partial charge in [0.1, 0.15) is 0 Å². The predicted octanol–water partition coefficient (Wildman–Crippen LogP) is 3.70. The van der Waals surface area contributed by atoms with Gasteiger partial charge in [-0.15, -0.1) is 10.2 Å². The second-order valence-electron chi connectivity index (χ2n) is 8.22. The maximum atomic E-state index is 11.9. The van der Waals surface area contributed by atoms with Gasteiger partial charge in [-0.2, -0.15) is 10.1 Å². The molecule has 1 aromatic carbocycles. The summed E-state index contributed by atoms with van der Waals surface area (Å²) in [6, 6.07) is 4.58. The Balaban J connectivity index is 1.65. The summed E-state index contributed by atoms with van der Waals surface area (Å²) in [5.74, 6) is 0.0257. The lowest BCUT2D eigenvalue weighted by Gasteiger charge is -2.22. The van der Waals surface area contributed by atoms with Crippen molar-refractivity contribution in [2.45, 2.75) is 65.0 Å². The lowest BCUT2D eigenvalue weighted by atomic mass is 9.96. The van der Waals surface area contributed by atoms with Crippen LogP contribution in [-0.4, -0.2) is 36.9 Å². The molecule has 2 aromatic heterocycles. The minimum atomic E-state index is -0.674. The van der Waals surface area contributed by atoms with Gasteiger partial charge in [-0.3, -0.25) is 9.48 Å². The van der Waals surface area contributed by atoms with Crippen molar-refractivity contribution in [3.8, 4) is 0 Å². The van der Waals surface area contributed by atoms with Crippen LogP contribution in [0.3, 0.4) is 0 Å². The quantitative estimate of drug-likeness (QED) is 0.568. The largest absolute Gasteiger partial charge is 0.364 e. The van der Waals surface area contributed by atoms with E-state index in [4.69, 9.17) is 5.73 Å². The Morgan fingerprint density at radius 2 is 1.97 bits per heavy atom. The van der Waals surface area contributed by atoms with Crippen LogP contribution >= 0.6 is 0 Å². The van der Waals surface area contributed by atoms with Crippen molar-refractivity contribution in [3.05, 3.63) is 29.6 Å². The molecule has 2 heterocycles. The van der Waals surface area contributed by atoms with E-state index in [1.54, 1.807) is 0 Å². The van der Waals surface area contributed by atoms with Crippen LogP contribution in [0.1, 0.15) is 68.0 Å². The number of nitrogens with two attached hydrogens (primary N) is 1. The Morgan fingerprint density at radius 3 is 2.67 bits per heavy atom. The number of hydrogen-bond acceptors (Lipinski definition) is 7. The average molecular weight is 409 g/mol. The molecule has 0 aliphatic heterocycles. The lowest BCUT2D eigenvalue weighted by molar-refractivity contribution is 0.0995. The normalized spacial score (nSPS) is 14.9. The molecule has 1 aliphatic rings. The molecule has 1 saturated carbocycles. The van der Waals surface area contributed by atoms with E-state index < -0.39 is 5.91 Å². The number of benzene rings is 1. The molecule has 0 bridgehead atoms. The van der Waals surface area contributed by atoms with E-state index in [-0.39, 0.29) is 11.7 Å². The molecule has 30 heavy (non-hydrogen) atoms.